The number of piperazine rings is 1. The van der Waals surface area contributed by atoms with E-state index >= 15 is 0 Å². The lowest BCUT2D eigenvalue weighted by molar-refractivity contribution is -0.0946. The van der Waals surface area contributed by atoms with Gasteiger partial charge in [-0.15, -0.1) is 0 Å². The summed E-state index contributed by atoms with van der Waals surface area (Å²) in [7, 11) is 0. The summed E-state index contributed by atoms with van der Waals surface area (Å²) in [5.74, 6) is 1.87. The summed E-state index contributed by atoms with van der Waals surface area (Å²) in [6.45, 7) is 5.58. The highest BCUT2D eigenvalue weighted by Crippen LogP contribution is 2.18. The lowest BCUT2D eigenvalue weighted by Gasteiger charge is -2.34. The van der Waals surface area contributed by atoms with Crippen LogP contribution in [0.4, 0.5) is 23.5 Å². The predicted molar refractivity (Wildman–Crippen MR) is 142 cm³/mol. The second kappa shape index (κ2) is 11.5. The van der Waals surface area contributed by atoms with Crippen LogP contribution < -0.4 is 15.1 Å². The van der Waals surface area contributed by atoms with Crippen molar-refractivity contribution in [3.63, 3.8) is 0 Å². The van der Waals surface area contributed by atoms with E-state index in [1.165, 1.54) is 11.9 Å². The fourth-order valence-electron chi connectivity index (χ4n) is 4.55. The van der Waals surface area contributed by atoms with Crippen LogP contribution in [0.1, 0.15) is 11.1 Å². The van der Waals surface area contributed by atoms with Crippen molar-refractivity contribution in [2.24, 2.45) is 0 Å². The lowest BCUT2D eigenvalue weighted by atomic mass is 10.1. The lowest BCUT2D eigenvalue weighted by Crippen LogP contribution is -2.47. The molecular weight excluding hydrogens is 484 g/mol. The zero-order valence-corrected chi connectivity index (χ0v) is 21.1. The molecule has 0 saturated carbocycles. The number of hydrogen-bond donors (Lipinski definition) is 1. The molecule has 4 aromatic rings. The minimum Gasteiger partial charge on any atom is -0.376 e. The van der Waals surface area contributed by atoms with Crippen LogP contribution in [0.5, 0.6) is 0 Å². The van der Waals surface area contributed by atoms with Crippen LogP contribution >= 0.6 is 0 Å². The Morgan fingerprint density at radius 3 is 2.39 bits per heavy atom. The average molecular weight is 515 g/mol. The quantitative estimate of drug-likeness (QED) is 0.371. The van der Waals surface area contributed by atoms with E-state index in [-0.39, 0.29) is 6.10 Å². The monoisotopic (exact) mass is 514 g/mol. The molecule has 5 heterocycles. The molecule has 2 aliphatic heterocycles. The number of ether oxygens (including phenoxy) is 2. The first-order chi connectivity index (χ1) is 18.8. The zero-order valence-electron chi connectivity index (χ0n) is 21.1. The summed E-state index contributed by atoms with van der Waals surface area (Å²) < 4.78 is 13.0. The van der Waals surface area contributed by atoms with E-state index in [2.05, 4.69) is 57.3 Å². The topological polar surface area (TPSA) is 119 Å². The summed E-state index contributed by atoms with van der Waals surface area (Å²) in [5, 5.41) is 7.63. The van der Waals surface area contributed by atoms with Gasteiger partial charge in [0.25, 0.3) is 0 Å². The molecule has 1 N–H and O–H groups in total. The first-order valence-corrected chi connectivity index (χ1v) is 12.8. The van der Waals surface area contributed by atoms with Gasteiger partial charge in [0.05, 0.1) is 38.2 Å². The molecule has 2 fully saturated rings. The molecule has 12 nitrogen and oxygen atoms in total. The zero-order chi connectivity index (χ0) is 25.6. The third-order valence-electron chi connectivity index (χ3n) is 6.51. The van der Waals surface area contributed by atoms with Crippen LogP contribution in [0, 0.1) is 0 Å². The van der Waals surface area contributed by atoms with Crippen molar-refractivity contribution in [3.8, 4) is 0 Å². The predicted octanol–water partition coefficient (Wildman–Crippen LogP) is 1.93. The SMILES string of the molecule is c1ccc(Cc2cnc(N3CCN(c4ncnc(Nc5cnn(C[C@H]6COCCO6)c5)n4)CC3)nc2)cc1. The van der Waals surface area contributed by atoms with E-state index < -0.39 is 0 Å². The Morgan fingerprint density at radius 2 is 1.63 bits per heavy atom. The number of aromatic nitrogens is 7. The summed E-state index contributed by atoms with van der Waals surface area (Å²) in [6, 6.07) is 10.4. The number of nitrogens with one attached hydrogen (secondary N) is 1. The maximum atomic E-state index is 5.70. The highest BCUT2D eigenvalue weighted by Gasteiger charge is 2.21. The Hall–Kier alpha value is -4.16. The van der Waals surface area contributed by atoms with Gasteiger partial charge >= 0.3 is 0 Å². The Balaban J connectivity index is 1.02. The van der Waals surface area contributed by atoms with Crippen molar-refractivity contribution >= 4 is 23.5 Å². The third-order valence-corrected chi connectivity index (χ3v) is 6.51. The highest BCUT2D eigenvalue weighted by molar-refractivity contribution is 5.51. The van der Waals surface area contributed by atoms with Crippen molar-refractivity contribution in [3.05, 3.63) is 72.6 Å². The van der Waals surface area contributed by atoms with Crippen molar-refractivity contribution in [2.75, 3.05) is 61.1 Å². The van der Waals surface area contributed by atoms with Gasteiger partial charge in [-0.1, -0.05) is 30.3 Å². The second-order valence-corrected chi connectivity index (χ2v) is 9.28. The van der Waals surface area contributed by atoms with E-state index in [4.69, 9.17) is 9.47 Å². The molecule has 1 aromatic carbocycles. The first kappa shape index (κ1) is 24.2. The van der Waals surface area contributed by atoms with Crippen LogP contribution in [0.2, 0.25) is 0 Å². The van der Waals surface area contributed by atoms with Gasteiger partial charge in [0, 0.05) is 51.2 Å². The molecule has 0 amide bonds. The van der Waals surface area contributed by atoms with Crippen molar-refractivity contribution < 1.29 is 9.47 Å². The molecule has 1 atom stereocenters. The van der Waals surface area contributed by atoms with Gasteiger partial charge in [-0.3, -0.25) is 4.68 Å². The van der Waals surface area contributed by atoms with E-state index in [9.17, 15) is 0 Å². The minimum absolute atomic E-state index is 0.0107. The van der Waals surface area contributed by atoms with Gasteiger partial charge < -0.3 is 24.6 Å². The molecular formula is C26H30N10O2. The van der Waals surface area contributed by atoms with E-state index in [0.29, 0.717) is 38.3 Å². The summed E-state index contributed by atoms with van der Waals surface area (Å²) >= 11 is 0. The van der Waals surface area contributed by atoms with Crippen LogP contribution in [0.15, 0.2) is 61.4 Å². The molecule has 0 unspecified atom stereocenters. The average Bonchev–Trinajstić information content (AvgIpc) is 3.41. The van der Waals surface area contributed by atoms with Crippen LogP contribution in [-0.2, 0) is 22.4 Å². The molecule has 0 bridgehead atoms. The maximum absolute atomic E-state index is 5.70. The Morgan fingerprint density at radius 1 is 0.842 bits per heavy atom. The minimum atomic E-state index is 0.0107. The fourth-order valence-corrected chi connectivity index (χ4v) is 4.55. The molecule has 0 aliphatic carbocycles. The molecule has 2 saturated heterocycles. The largest absolute Gasteiger partial charge is 0.376 e. The van der Waals surface area contributed by atoms with Gasteiger partial charge in [-0.05, 0) is 11.1 Å². The second-order valence-electron chi connectivity index (χ2n) is 9.28. The van der Waals surface area contributed by atoms with Gasteiger partial charge in [-0.25, -0.2) is 19.9 Å². The van der Waals surface area contributed by atoms with Gasteiger partial charge in [0.2, 0.25) is 17.8 Å². The van der Waals surface area contributed by atoms with Crippen LogP contribution in [-0.4, -0.2) is 86.8 Å². The molecule has 196 valence electrons. The normalized spacial score (nSPS) is 17.9. The maximum Gasteiger partial charge on any atom is 0.232 e. The molecule has 38 heavy (non-hydrogen) atoms. The van der Waals surface area contributed by atoms with Crippen molar-refractivity contribution in [1.29, 1.82) is 0 Å². The number of hydrogen-bond acceptors (Lipinski definition) is 11. The Kier molecular flexibility index (Phi) is 7.31. The molecule has 12 heteroatoms. The molecule has 0 spiro atoms. The number of nitrogens with zero attached hydrogens (tertiary/aromatic N) is 9. The molecule has 2 aliphatic rings. The van der Waals surface area contributed by atoms with Gasteiger partial charge in [0.1, 0.15) is 12.4 Å². The van der Waals surface area contributed by atoms with Gasteiger partial charge in [0.15, 0.2) is 0 Å². The van der Waals surface area contributed by atoms with Crippen LogP contribution in [0.25, 0.3) is 0 Å². The van der Waals surface area contributed by atoms with Crippen molar-refractivity contribution in [2.45, 2.75) is 19.1 Å². The van der Waals surface area contributed by atoms with Gasteiger partial charge in [-0.2, -0.15) is 10.1 Å². The Labute approximate surface area is 220 Å². The summed E-state index contributed by atoms with van der Waals surface area (Å²) in [4.78, 5) is 26.9. The first-order valence-electron chi connectivity index (χ1n) is 12.8. The van der Waals surface area contributed by atoms with E-state index in [0.717, 1.165) is 49.8 Å². The molecule has 0 radical (unpaired) electrons. The highest BCUT2D eigenvalue weighted by atomic mass is 16.6. The summed E-state index contributed by atoms with van der Waals surface area (Å²) in [6.07, 6.45) is 9.87. The third kappa shape index (κ3) is 6.03. The molecule has 3 aromatic heterocycles. The standard InChI is InChI=1S/C26H30N10O2/c1-2-4-20(5-3-1)12-21-13-27-25(28-14-21)34-6-8-35(9-7-34)26-30-19-29-24(33-26)32-22-15-31-36(16-22)17-23-18-37-10-11-38-23/h1-5,13-16,19,23H,6-12,17-18H2,(H,29,30,32,33)/t23-/m0/s1. The number of anilines is 4. The number of rotatable bonds is 8. The van der Waals surface area contributed by atoms with E-state index in [1.807, 2.05) is 41.5 Å². The Bertz CT molecular complexity index is 1300. The smallest absolute Gasteiger partial charge is 0.232 e. The fraction of sp³-hybridized carbons (Fsp3) is 0.385. The number of benzene rings is 1. The van der Waals surface area contributed by atoms with Crippen molar-refractivity contribution in [1.82, 2.24) is 34.7 Å². The van der Waals surface area contributed by atoms with Crippen LogP contribution in [0.3, 0.4) is 0 Å². The molecule has 6 rings (SSSR count). The summed E-state index contributed by atoms with van der Waals surface area (Å²) in [5.41, 5.74) is 3.16. The van der Waals surface area contributed by atoms with E-state index in [1.54, 1.807) is 6.20 Å².